The van der Waals surface area contributed by atoms with Crippen LogP contribution in [0.5, 0.6) is 0 Å². The Kier molecular flexibility index (Phi) is 6.04. The largest absolute Gasteiger partial charge is 0.389 e. The summed E-state index contributed by atoms with van der Waals surface area (Å²) in [7, 11) is 0. The fourth-order valence-electron chi connectivity index (χ4n) is 1.31. The van der Waals surface area contributed by atoms with E-state index in [4.69, 9.17) is 5.73 Å². The van der Waals surface area contributed by atoms with Crippen LogP contribution in [-0.2, 0) is 0 Å². The summed E-state index contributed by atoms with van der Waals surface area (Å²) in [6.45, 7) is 8.33. The molecule has 0 heterocycles. The SMILES string of the molecule is C=C(C)CNC(C)(CN)CCCC(F)(F)F. The van der Waals surface area contributed by atoms with Gasteiger partial charge in [-0.2, -0.15) is 13.2 Å². The molecule has 0 aromatic heterocycles. The fourth-order valence-corrected chi connectivity index (χ4v) is 1.31. The van der Waals surface area contributed by atoms with E-state index in [0.29, 0.717) is 19.5 Å². The van der Waals surface area contributed by atoms with E-state index in [0.717, 1.165) is 5.57 Å². The predicted octanol–water partition coefficient (Wildman–Crippen LogP) is 2.60. The lowest BCUT2D eigenvalue weighted by molar-refractivity contribution is -0.136. The van der Waals surface area contributed by atoms with Crippen LogP contribution < -0.4 is 11.1 Å². The van der Waals surface area contributed by atoms with Crippen LogP contribution in [0.4, 0.5) is 13.2 Å². The van der Waals surface area contributed by atoms with Gasteiger partial charge in [-0.15, -0.1) is 0 Å². The highest BCUT2D eigenvalue weighted by molar-refractivity contribution is 4.95. The van der Waals surface area contributed by atoms with Gasteiger partial charge in [-0.3, -0.25) is 0 Å². The molecule has 0 fully saturated rings. The lowest BCUT2D eigenvalue weighted by Gasteiger charge is -2.30. The molecule has 0 aromatic rings. The topological polar surface area (TPSA) is 38.0 Å². The van der Waals surface area contributed by atoms with Crippen molar-refractivity contribution in [1.29, 1.82) is 0 Å². The molecule has 96 valence electrons. The van der Waals surface area contributed by atoms with Crippen molar-refractivity contribution < 1.29 is 13.2 Å². The molecule has 0 saturated carbocycles. The number of hydrogen-bond donors (Lipinski definition) is 2. The molecule has 0 spiro atoms. The maximum absolute atomic E-state index is 12.0. The molecule has 0 aliphatic heterocycles. The molecule has 0 rings (SSSR count). The smallest absolute Gasteiger partial charge is 0.329 e. The van der Waals surface area contributed by atoms with Gasteiger partial charge in [-0.05, 0) is 26.7 Å². The standard InChI is InChI=1S/C11H21F3N2/c1-9(2)7-16-10(3,8-15)5-4-6-11(12,13)14/h16H,1,4-8,15H2,2-3H3. The molecule has 0 aliphatic rings. The van der Waals surface area contributed by atoms with Crippen LogP contribution >= 0.6 is 0 Å². The minimum atomic E-state index is -4.08. The van der Waals surface area contributed by atoms with Crippen molar-refractivity contribution in [1.82, 2.24) is 5.32 Å². The van der Waals surface area contributed by atoms with E-state index < -0.39 is 18.1 Å². The highest BCUT2D eigenvalue weighted by Gasteiger charge is 2.29. The third-order valence-electron chi connectivity index (χ3n) is 2.46. The van der Waals surface area contributed by atoms with Gasteiger partial charge in [0.05, 0.1) is 0 Å². The van der Waals surface area contributed by atoms with Crippen LogP contribution in [0.25, 0.3) is 0 Å². The van der Waals surface area contributed by atoms with Gasteiger partial charge in [0, 0.05) is 25.0 Å². The van der Waals surface area contributed by atoms with E-state index >= 15 is 0 Å². The maximum Gasteiger partial charge on any atom is 0.389 e. The third-order valence-corrected chi connectivity index (χ3v) is 2.46. The van der Waals surface area contributed by atoms with Crippen molar-refractivity contribution >= 4 is 0 Å². The number of rotatable bonds is 7. The van der Waals surface area contributed by atoms with Gasteiger partial charge in [0.2, 0.25) is 0 Å². The number of alkyl halides is 3. The van der Waals surface area contributed by atoms with Crippen LogP contribution in [0, 0.1) is 0 Å². The van der Waals surface area contributed by atoms with Crippen molar-refractivity contribution in [2.75, 3.05) is 13.1 Å². The van der Waals surface area contributed by atoms with Crippen LogP contribution in [0.15, 0.2) is 12.2 Å². The van der Waals surface area contributed by atoms with E-state index in [2.05, 4.69) is 11.9 Å². The van der Waals surface area contributed by atoms with Gasteiger partial charge < -0.3 is 11.1 Å². The minimum Gasteiger partial charge on any atom is -0.329 e. The van der Waals surface area contributed by atoms with E-state index in [-0.39, 0.29) is 6.42 Å². The Labute approximate surface area is 95.1 Å². The number of nitrogens with two attached hydrogens (primary N) is 1. The van der Waals surface area contributed by atoms with Crippen molar-refractivity contribution in [3.05, 3.63) is 12.2 Å². The molecule has 16 heavy (non-hydrogen) atoms. The molecule has 0 aromatic carbocycles. The Morgan fingerprint density at radius 3 is 2.25 bits per heavy atom. The Balaban J connectivity index is 4.01. The van der Waals surface area contributed by atoms with Gasteiger partial charge in [-0.1, -0.05) is 12.2 Å². The van der Waals surface area contributed by atoms with Gasteiger partial charge >= 0.3 is 6.18 Å². The quantitative estimate of drug-likeness (QED) is 0.669. The summed E-state index contributed by atoms with van der Waals surface area (Å²) in [5.74, 6) is 0. The normalized spacial score (nSPS) is 15.9. The molecule has 2 nitrogen and oxygen atoms in total. The van der Waals surface area contributed by atoms with Gasteiger partial charge in [0.15, 0.2) is 0 Å². The van der Waals surface area contributed by atoms with Crippen molar-refractivity contribution in [3.63, 3.8) is 0 Å². The molecule has 1 unspecified atom stereocenters. The number of halogens is 3. The zero-order valence-electron chi connectivity index (χ0n) is 9.95. The molecule has 0 aliphatic carbocycles. The monoisotopic (exact) mass is 238 g/mol. The van der Waals surface area contributed by atoms with Crippen LogP contribution in [0.3, 0.4) is 0 Å². The van der Waals surface area contributed by atoms with Crippen LogP contribution in [0.2, 0.25) is 0 Å². The van der Waals surface area contributed by atoms with Crippen molar-refractivity contribution in [3.8, 4) is 0 Å². The predicted molar refractivity (Wildman–Crippen MR) is 60.2 cm³/mol. The summed E-state index contributed by atoms with van der Waals surface area (Å²) < 4.78 is 35.9. The second-order valence-electron chi connectivity index (χ2n) is 4.54. The van der Waals surface area contributed by atoms with Gasteiger partial charge in [0.1, 0.15) is 0 Å². The summed E-state index contributed by atoms with van der Waals surface area (Å²) in [5, 5.41) is 3.14. The number of nitrogens with one attached hydrogen (secondary N) is 1. The van der Waals surface area contributed by atoms with E-state index in [9.17, 15) is 13.2 Å². The van der Waals surface area contributed by atoms with Crippen molar-refractivity contribution in [2.45, 2.75) is 44.8 Å². The van der Waals surface area contributed by atoms with Gasteiger partial charge in [0.25, 0.3) is 0 Å². The molecule has 0 radical (unpaired) electrons. The molecule has 0 amide bonds. The molecule has 0 saturated heterocycles. The first-order valence-electron chi connectivity index (χ1n) is 5.35. The second-order valence-corrected chi connectivity index (χ2v) is 4.54. The van der Waals surface area contributed by atoms with Crippen molar-refractivity contribution in [2.24, 2.45) is 5.73 Å². The first kappa shape index (κ1) is 15.4. The first-order valence-corrected chi connectivity index (χ1v) is 5.35. The van der Waals surface area contributed by atoms with Crippen LogP contribution in [0.1, 0.15) is 33.1 Å². The highest BCUT2D eigenvalue weighted by Crippen LogP contribution is 2.24. The fraction of sp³-hybridized carbons (Fsp3) is 0.818. The molecule has 0 bridgehead atoms. The summed E-state index contributed by atoms with van der Waals surface area (Å²) >= 11 is 0. The maximum atomic E-state index is 12.0. The average molecular weight is 238 g/mol. The summed E-state index contributed by atoms with van der Waals surface area (Å²) in [6, 6.07) is 0. The van der Waals surface area contributed by atoms with Gasteiger partial charge in [-0.25, -0.2) is 0 Å². The molecular weight excluding hydrogens is 217 g/mol. The lowest BCUT2D eigenvalue weighted by Crippen LogP contribution is -2.49. The first-order chi connectivity index (χ1) is 7.18. The zero-order chi connectivity index (χ0) is 12.8. The van der Waals surface area contributed by atoms with E-state index in [1.807, 2.05) is 13.8 Å². The highest BCUT2D eigenvalue weighted by atomic mass is 19.4. The Hall–Kier alpha value is -0.550. The van der Waals surface area contributed by atoms with E-state index in [1.165, 1.54) is 0 Å². The Bertz CT molecular complexity index is 226. The summed E-state index contributed by atoms with van der Waals surface area (Å²) in [5.41, 5.74) is 6.07. The summed E-state index contributed by atoms with van der Waals surface area (Å²) in [6.07, 6.45) is -4.32. The number of hydrogen-bond acceptors (Lipinski definition) is 2. The zero-order valence-corrected chi connectivity index (χ0v) is 9.95. The Morgan fingerprint density at radius 1 is 1.31 bits per heavy atom. The summed E-state index contributed by atoms with van der Waals surface area (Å²) in [4.78, 5) is 0. The molecule has 5 heteroatoms. The lowest BCUT2D eigenvalue weighted by atomic mass is 9.94. The molecule has 1 atom stereocenters. The minimum absolute atomic E-state index is 0.0976. The Morgan fingerprint density at radius 2 is 1.88 bits per heavy atom. The third kappa shape index (κ3) is 7.70. The van der Waals surface area contributed by atoms with E-state index in [1.54, 1.807) is 0 Å². The average Bonchev–Trinajstić information content (AvgIpc) is 2.13. The van der Waals surface area contributed by atoms with Crippen LogP contribution in [-0.4, -0.2) is 24.8 Å². The second kappa shape index (κ2) is 6.25. The molecule has 3 N–H and O–H groups in total. The molecular formula is C11H21F3N2.